The van der Waals surface area contributed by atoms with Crippen molar-refractivity contribution in [1.82, 2.24) is 4.98 Å². The number of nitrogens with two attached hydrogens (primary N) is 1. The van der Waals surface area contributed by atoms with E-state index in [9.17, 15) is 0 Å². The number of hydrogen-bond donors (Lipinski definition) is 1. The van der Waals surface area contributed by atoms with E-state index < -0.39 is 0 Å². The highest BCUT2D eigenvalue weighted by Gasteiger charge is 2.03. The van der Waals surface area contributed by atoms with Crippen molar-refractivity contribution in [3.63, 3.8) is 0 Å². The van der Waals surface area contributed by atoms with Crippen molar-refractivity contribution in [3.8, 4) is 5.75 Å². The Morgan fingerprint density at radius 2 is 2.33 bits per heavy atom. The van der Waals surface area contributed by atoms with Crippen LogP contribution in [0, 0.1) is 0 Å². The van der Waals surface area contributed by atoms with Gasteiger partial charge in [-0.05, 0) is 17.5 Å². The summed E-state index contributed by atoms with van der Waals surface area (Å²) in [5.74, 6) is 0.881. The number of ether oxygens (including phenoxy) is 1. The van der Waals surface area contributed by atoms with Crippen LogP contribution in [0.25, 0.3) is 0 Å². The van der Waals surface area contributed by atoms with E-state index in [-0.39, 0.29) is 0 Å². The fourth-order valence-corrected chi connectivity index (χ4v) is 1.95. The topological polar surface area (TPSA) is 48.1 Å². The molecule has 0 aromatic carbocycles. The Morgan fingerprint density at radius 1 is 1.40 bits per heavy atom. The Labute approximate surface area is 92.5 Å². The maximum Gasteiger partial charge on any atom is 0.134 e. The molecule has 0 aliphatic rings. The highest BCUT2D eigenvalue weighted by molar-refractivity contribution is 7.10. The first-order chi connectivity index (χ1) is 7.40. The minimum absolute atomic E-state index is 0.528. The number of rotatable bonds is 4. The van der Waals surface area contributed by atoms with E-state index in [2.05, 4.69) is 4.98 Å². The van der Waals surface area contributed by atoms with Gasteiger partial charge in [-0.1, -0.05) is 6.07 Å². The molecule has 0 bridgehead atoms. The lowest BCUT2D eigenvalue weighted by Gasteiger charge is -2.05. The van der Waals surface area contributed by atoms with Gasteiger partial charge < -0.3 is 10.5 Å². The van der Waals surface area contributed by atoms with Gasteiger partial charge in [-0.2, -0.15) is 0 Å². The first kappa shape index (κ1) is 10.1. The Balaban J connectivity index is 1.99. The van der Waals surface area contributed by atoms with Crippen LogP contribution >= 0.6 is 11.3 Å². The molecule has 3 nitrogen and oxygen atoms in total. The average Bonchev–Trinajstić information content (AvgIpc) is 2.75. The summed E-state index contributed by atoms with van der Waals surface area (Å²) in [6, 6.07) is 5.83. The van der Waals surface area contributed by atoms with Crippen LogP contribution in [-0.2, 0) is 13.2 Å². The zero-order valence-electron chi connectivity index (χ0n) is 8.22. The fraction of sp³-hybridized carbons (Fsp3) is 0.182. The van der Waals surface area contributed by atoms with Crippen molar-refractivity contribution in [1.29, 1.82) is 0 Å². The van der Waals surface area contributed by atoms with Crippen LogP contribution in [0.15, 0.2) is 36.0 Å². The lowest BCUT2D eigenvalue weighted by molar-refractivity contribution is 0.304. The highest BCUT2D eigenvalue weighted by Crippen LogP contribution is 2.24. The molecule has 0 saturated heterocycles. The van der Waals surface area contributed by atoms with Crippen LogP contribution in [0.3, 0.4) is 0 Å². The molecule has 2 aromatic heterocycles. The Morgan fingerprint density at radius 3 is 3.07 bits per heavy atom. The zero-order chi connectivity index (χ0) is 10.5. The Bertz CT molecular complexity index is 414. The summed E-state index contributed by atoms with van der Waals surface area (Å²) in [4.78, 5) is 5.11. The van der Waals surface area contributed by atoms with Gasteiger partial charge in [0.05, 0.1) is 4.88 Å². The van der Waals surface area contributed by atoms with E-state index in [0.29, 0.717) is 13.2 Å². The van der Waals surface area contributed by atoms with Gasteiger partial charge >= 0.3 is 0 Å². The monoisotopic (exact) mass is 220 g/mol. The number of nitrogens with zero attached hydrogens (tertiary/aromatic N) is 1. The lowest BCUT2D eigenvalue weighted by Crippen LogP contribution is -1.99. The highest BCUT2D eigenvalue weighted by atomic mass is 32.1. The molecular weight excluding hydrogens is 208 g/mol. The van der Waals surface area contributed by atoms with E-state index in [4.69, 9.17) is 10.5 Å². The minimum atomic E-state index is 0.528. The number of hydrogen-bond acceptors (Lipinski definition) is 4. The van der Waals surface area contributed by atoms with Crippen LogP contribution in [0.5, 0.6) is 5.75 Å². The molecule has 0 saturated carbocycles. The molecule has 2 rings (SSSR count). The van der Waals surface area contributed by atoms with Gasteiger partial charge in [-0.15, -0.1) is 11.3 Å². The van der Waals surface area contributed by atoms with E-state index in [1.807, 2.05) is 23.6 Å². The molecule has 2 aromatic rings. The summed E-state index contributed by atoms with van der Waals surface area (Å²) in [7, 11) is 0. The van der Waals surface area contributed by atoms with Gasteiger partial charge in [0.15, 0.2) is 0 Å². The van der Waals surface area contributed by atoms with E-state index >= 15 is 0 Å². The first-order valence-electron chi connectivity index (χ1n) is 4.68. The summed E-state index contributed by atoms with van der Waals surface area (Å²) in [6.07, 6.45) is 3.55. The second kappa shape index (κ2) is 4.91. The van der Waals surface area contributed by atoms with Crippen molar-refractivity contribution >= 4 is 11.3 Å². The zero-order valence-corrected chi connectivity index (χ0v) is 9.04. The van der Waals surface area contributed by atoms with Gasteiger partial charge in [-0.25, -0.2) is 0 Å². The third kappa shape index (κ3) is 2.55. The van der Waals surface area contributed by atoms with Crippen molar-refractivity contribution in [2.45, 2.75) is 13.2 Å². The van der Waals surface area contributed by atoms with Crippen LogP contribution in [0.1, 0.15) is 10.4 Å². The van der Waals surface area contributed by atoms with Crippen LogP contribution in [0.4, 0.5) is 0 Å². The molecule has 2 heterocycles. The van der Waals surface area contributed by atoms with Crippen LogP contribution in [0.2, 0.25) is 0 Å². The molecular formula is C11H12N2OS. The van der Waals surface area contributed by atoms with Gasteiger partial charge in [0.1, 0.15) is 12.4 Å². The molecule has 2 N–H and O–H groups in total. The van der Waals surface area contributed by atoms with Crippen molar-refractivity contribution in [2.24, 2.45) is 5.73 Å². The van der Waals surface area contributed by atoms with E-state index in [1.165, 1.54) is 0 Å². The SMILES string of the molecule is NCc1sccc1OCc1cccnc1. The molecule has 0 atom stereocenters. The quantitative estimate of drug-likeness (QED) is 0.859. The standard InChI is InChI=1S/C11H12N2OS/c12-6-11-10(3-5-15-11)14-8-9-2-1-4-13-7-9/h1-5,7H,6,8,12H2. The number of aromatic nitrogens is 1. The summed E-state index contributed by atoms with van der Waals surface area (Å²) in [6.45, 7) is 1.07. The Kier molecular flexibility index (Phi) is 3.32. The number of pyridine rings is 1. The molecule has 78 valence electrons. The minimum Gasteiger partial charge on any atom is -0.488 e. The predicted molar refractivity (Wildman–Crippen MR) is 60.8 cm³/mol. The van der Waals surface area contributed by atoms with E-state index in [1.54, 1.807) is 23.7 Å². The first-order valence-corrected chi connectivity index (χ1v) is 5.56. The second-order valence-electron chi connectivity index (χ2n) is 3.06. The molecule has 0 amide bonds. The third-order valence-corrected chi connectivity index (χ3v) is 2.93. The summed E-state index contributed by atoms with van der Waals surface area (Å²) < 4.78 is 5.64. The summed E-state index contributed by atoms with van der Waals surface area (Å²) in [5, 5.41) is 1.99. The lowest BCUT2D eigenvalue weighted by atomic mass is 10.3. The van der Waals surface area contributed by atoms with Gasteiger partial charge in [0.2, 0.25) is 0 Å². The Hall–Kier alpha value is -1.39. The van der Waals surface area contributed by atoms with Gasteiger partial charge in [0.25, 0.3) is 0 Å². The molecule has 0 spiro atoms. The van der Waals surface area contributed by atoms with Crippen LogP contribution < -0.4 is 10.5 Å². The summed E-state index contributed by atoms with van der Waals surface area (Å²) in [5.41, 5.74) is 6.64. The molecule has 4 heteroatoms. The maximum absolute atomic E-state index is 5.64. The van der Waals surface area contributed by atoms with Crippen molar-refractivity contribution in [3.05, 3.63) is 46.4 Å². The maximum atomic E-state index is 5.64. The second-order valence-corrected chi connectivity index (χ2v) is 4.06. The largest absolute Gasteiger partial charge is 0.488 e. The number of thiophene rings is 1. The van der Waals surface area contributed by atoms with Crippen molar-refractivity contribution in [2.75, 3.05) is 0 Å². The molecule has 0 aliphatic carbocycles. The third-order valence-electron chi connectivity index (χ3n) is 2.01. The molecule has 0 aliphatic heterocycles. The molecule has 0 fully saturated rings. The molecule has 0 radical (unpaired) electrons. The molecule has 15 heavy (non-hydrogen) atoms. The van der Waals surface area contributed by atoms with Gasteiger partial charge in [-0.3, -0.25) is 4.98 Å². The van der Waals surface area contributed by atoms with Crippen molar-refractivity contribution < 1.29 is 4.74 Å². The molecule has 0 unspecified atom stereocenters. The normalized spacial score (nSPS) is 10.2. The average molecular weight is 220 g/mol. The fourth-order valence-electron chi connectivity index (χ4n) is 1.25. The van der Waals surface area contributed by atoms with Crippen LogP contribution in [-0.4, -0.2) is 4.98 Å². The predicted octanol–water partition coefficient (Wildman–Crippen LogP) is 2.18. The smallest absolute Gasteiger partial charge is 0.134 e. The van der Waals surface area contributed by atoms with E-state index in [0.717, 1.165) is 16.2 Å². The summed E-state index contributed by atoms with van der Waals surface area (Å²) >= 11 is 1.62. The van der Waals surface area contributed by atoms with Gasteiger partial charge in [0, 0.05) is 24.5 Å².